The summed E-state index contributed by atoms with van der Waals surface area (Å²) >= 11 is 0. The molecule has 0 aromatic heterocycles. The molecule has 0 heterocycles. The quantitative estimate of drug-likeness (QED) is 0.835. The lowest BCUT2D eigenvalue weighted by Crippen LogP contribution is -2.15. The minimum Gasteiger partial charge on any atom is -0.324 e. The molecule has 2 N–H and O–H groups in total. The predicted molar refractivity (Wildman–Crippen MR) is 73.9 cm³/mol. The van der Waals surface area contributed by atoms with Gasteiger partial charge in [-0.3, -0.25) is 0 Å². The minimum atomic E-state index is -0.147. The third kappa shape index (κ3) is 3.55. The van der Waals surface area contributed by atoms with E-state index in [0.717, 1.165) is 24.3 Å². The van der Waals surface area contributed by atoms with Crippen LogP contribution < -0.4 is 5.73 Å². The first-order valence-electron chi connectivity index (χ1n) is 7.18. The van der Waals surface area contributed by atoms with Gasteiger partial charge in [-0.25, -0.2) is 4.39 Å². The van der Waals surface area contributed by atoms with E-state index in [9.17, 15) is 4.39 Å². The molecular formula is C16H24FN. The smallest absolute Gasteiger partial charge is 0.128 e. The average Bonchev–Trinajstić information content (AvgIpc) is 2.37. The first kappa shape index (κ1) is 13.5. The van der Waals surface area contributed by atoms with Crippen molar-refractivity contribution < 1.29 is 4.39 Å². The molecule has 1 aromatic rings. The zero-order valence-electron chi connectivity index (χ0n) is 11.3. The summed E-state index contributed by atoms with van der Waals surface area (Å²) in [6.45, 7) is 1.90. The van der Waals surface area contributed by atoms with Crippen LogP contribution in [0.1, 0.15) is 62.1 Å². The van der Waals surface area contributed by atoms with E-state index in [-0.39, 0.29) is 11.9 Å². The second kappa shape index (κ2) is 6.33. The number of benzene rings is 1. The van der Waals surface area contributed by atoms with E-state index >= 15 is 0 Å². The molecule has 0 bridgehead atoms. The number of hydrogen-bond acceptors (Lipinski definition) is 1. The minimum absolute atomic E-state index is 0.146. The Balaban J connectivity index is 1.88. The van der Waals surface area contributed by atoms with Gasteiger partial charge >= 0.3 is 0 Å². The number of aryl methyl sites for hydroxylation is 1. The lowest BCUT2D eigenvalue weighted by molar-refractivity contribution is 0.323. The number of rotatable bonds is 4. The van der Waals surface area contributed by atoms with E-state index in [0.29, 0.717) is 5.56 Å². The summed E-state index contributed by atoms with van der Waals surface area (Å²) in [5.41, 5.74) is 7.75. The van der Waals surface area contributed by atoms with Gasteiger partial charge < -0.3 is 5.73 Å². The summed E-state index contributed by atoms with van der Waals surface area (Å²) in [6, 6.07) is 5.22. The molecule has 0 aliphatic heterocycles. The molecule has 100 valence electrons. The van der Waals surface area contributed by atoms with Crippen molar-refractivity contribution in [3.05, 3.63) is 35.1 Å². The molecule has 1 nitrogen and oxygen atoms in total. The predicted octanol–water partition coefficient (Wildman–Crippen LogP) is 4.49. The second-order valence-electron chi connectivity index (χ2n) is 5.71. The highest BCUT2D eigenvalue weighted by atomic mass is 19.1. The third-order valence-electron chi connectivity index (χ3n) is 4.17. The van der Waals surface area contributed by atoms with Crippen LogP contribution in [-0.2, 0) is 0 Å². The zero-order valence-corrected chi connectivity index (χ0v) is 11.3. The number of hydrogen-bond donors (Lipinski definition) is 1. The van der Waals surface area contributed by atoms with Crippen molar-refractivity contribution in [3.63, 3.8) is 0 Å². The van der Waals surface area contributed by atoms with E-state index in [1.165, 1.54) is 32.1 Å². The summed E-state index contributed by atoms with van der Waals surface area (Å²) < 4.78 is 13.8. The van der Waals surface area contributed by atoms with Crippen molar-refractivity contribution in [3.8, 4) is 0 Å². The summed E-state index contributed by atoms with van der Waals surface area (Å²) in [7, 11) is 0. The molecule has 18 heavy (non-hydrogen) atoms. The summed E-state index contributed by atoms with van der Waals surface area (Å²) in [6.07, 6.45) is 8.83. The van der Waals surface area contributed by atoms with Crippen LogP contribution in [0.2, 0.25) is 0 Å². The molecule has 0 amide bonds. The van der Waals surface area contributed by atoms with E-state index in [1.54, 1.807) is 6.07 Å². The summed E-state index contributed by atoms with van der Waals surface area (Å²) in [4.78, 5) is 0. The van der Waals surface area contributed by atoms with Crippen molar-refractivity contribution >= 4 is 0 Å². The first-order chi connectivity index (χ1) is 8.66. The van der Waals surface area contributed by atoms with Crippen LogP contribution in [0.15, 0.2) is 18.2 Å². The Kier molecular flexibility index (Phi) is 4.76. The zero-order chi connectivity index (χ0) is 13.0. The fourth-order valence-corrected chi connectivity index (χ4v) is 2.98. The van der Waals surface area contributed by atoms with Crippen LogP contribution in [0.5, 0.6) is 0 Å². The summed E-state index contributed by atoms with van der Waals surface area (Å²) in [5, 5.41) is 0. The van der Waals surface area contributed by atoms with Crippen molar-refractivity contribution in [2.75, 3.05) is 0 Å². The lowest BCUT2D eigenvalue weighted by Gasteiger charge is -2.23. The van der Waals surface area contributed by atoms with E-state index in [2.05, 4.69) is 0 Å². The first-order valence-corrected chi connectivity index (χ1v) is 7.18. The molecule has 2 rings (SSSR count). The van der Waals surface area contributed by atoms with Crippen LogP contribution in [0.4, 0.5) is 4.39 Å². The molecule has 1 unspecified atom stereocenters. The molecule has 1 saturated carbocycles. The summed E-state index contributed by atoms with van der Waals surface area (Å²) in [5.74, 6) is 0.671. The SMILES string of the molecule is Cc1ccc(C(N)CCC2CCCCC2)c(F)c1. The maximum Gasteiger partial charge on any atom is 0.128 e. The fraction of sp³-hybridized carbons (Fsp3) is 0.625. The Bertz CT molecular complexity index is 383. The topological polar surface area (TPSA) is 26.0 Å². The van der Waals surface area contributed by atoms with Gasteiger partial charge in [0.2, 0.25) is 0 Å². The number of nitrogens with two attached hydrogens (primary N) is 1. The van der Waals surface area contributed by atoms with Gasteiger partial charge in [0.15, 0.2) is 0 Å². The standard InChI is InChI=1S/C16H24FN/c1-12-7-9-14(15(17)11-12)16(18)10-8-13-5-3-2-4-6-13/h7,9,11,13,16H,2-6,8,10,18H2,1H3. The van der Waals surface area contributed by atoms with Crippen LogP contribution in [0, 0.1) is 18.7 Å². The highest BCUT2D eigenvalue weighted by molar-refractivity contribution is 5.25. The molecule has 1 aliphatic carbocycles. The molecule has 0 saturated heterocycles. The lowest BCUT2D eigenvalue weighted by atomic mass is 9.84. The van der Waals surface area contributed by atoms with Gasteiger partial charge in [0.1, 0.15) is 5.82 Å². The maximum absolute atomic E-state index is 13.8. The average molecular weight is 249 g/mol. The van der Waals surface area contributed by atoms with E-state index < -0.39 is 0 Å². The van der Waals surface area contributed by atoms with Crippen molar-refractivity contribution in [1.82, 2.24) is 0 Å². The van der Waals surface area contributed by atoms with Gasteiger partial charge in [0.05, 0.1) is 0 Å². The molecule has 1 fully saturated rings. The largest absolute Gasteiger partial charge is 0.324 e. The molecule has 1 atom stereocenters. The highest BCUT2D eigenvalue weighted by Crippen LogP contribution is 2.30. The van der Waals surface area contributed by atoms with Gasteiger partial charge in [-0.1, -0.05) is 44.2 Å². The van der Waals surface area contributed by atoms with Crippen LogP contribution >= 0.6 is 0 Å². The Morgan fingerprint density at radius 3 is 2.67 bits per heavy atom. The molecule has 1 aliphatic rings. The van der Waals surface area contributed by atoms with Gasteiger partial charge in [-0.2, -0.15) is 0 Å². The fourth-order valence-electron chi connectivity index (χ4n) is 2.98. The Morgan fingerprint density at radius 1 is 1.28 bits per heavy atom. The van der Waals surface area contributed by atoms with Crippen LogP contribution in [0.25, 0.3) is 0 Å². The number of halogens is 1. The van der Waals surface area contributed by atoms with Gasteiger partial charge in [-0.05, 0) is 37.3 Å². The Hall–Kier alpha value is -0.890. The van der Waals surface area contributed by atoms with E-state index in [4.69, 9.17) is 5.73 Å². The Morgan fingerprint density at radius 2 is 2.00 bits per heavy atom. The molecule has 0 spiro atoms. The van der Waals surface area contributed by atoms with Gasteiger partial charge in [0.25, 0.3) is 0 Å². The highest BCUT2D eigenvalue weighted by Gasteiger charge is 2.17. The molecule has 2 heteroatoms. The molecule has 0 radical (unpaired) electrons. The normalized spacial score (nSPS) is 18.8. The van der Waals surface area contributed by atoms with Crippen LogP contribution in [0.3, 0.4) is 0 Å². The molecular weight excluding hydrogens is 225 g/mol. The van der Waals surface area contributed by atoms with E-state index in [1.807, 2.05) is 19.1 Å². The second-order valence-corrected chi connectivity index (χ2v) is 5.71. The maximum atomic E-state index is 13.8. The van der Waals surface area contributed by atoms with Gasteiger partial charge in [-0.15, -0.1) is 0 Å². The third-order valence-corrected chi connectivity index (χ3v) is 4.17. The van der Waals surface area contributed by atoms with Gasteiger partial charge in [0, 0.05) is 11.6 Å². The van der Waals surface area contributed by atoms with Crippen molar-refractivity contribution in [2.24, 2.45) is 11.7 Å². The van der Waals surface area contributed by atoms with Crippen LogP contribution in [-0.4, -0.2) is 0 Å². The van der Waals surface area contributed by atoms with Crippen molar-refractivity contribution in [1.29, 1.82) is 0 Å². The van der Waals surface area contributed by atoms with Crippen molar-refractivity contribution in [2.45, 2.75) is 57.9 Å². The Labute approximate surface area is 110 Å². The monoisotopic (exact) mass is 249 g/mol. The molecule has 1 aromatic carbocycles.